The molecule has 0 radical (unpaired) electrons. The number of ether oxygens (including phenoxy) is 1. The number of sulfone groups is 1. The topological polar surface area (TPSA) is 98.5 Å². The molecule has 0 spiro atoms. The third-order valence-corrected chi connectivity index (χ3v) is 5.22. The van der Waals surface area contributed by atoms with Gasteiger partial charge < -0.3 is 10.1 Å². The lowest BCUT2D eigenvalue weighted by molar-refractivity contribution is -0.387. The maximum absolute atomic E-state index is 13.2. The SMILES string of the molecule is CS(=O)(=O)c1cccc(Oc2cccc(Nc3cccc(C(F)(F)F)c3[N+](=O)[O-])c2)c1. The highest BCUT2D eigenvalue weighted by Gasteiger charge is 2.39. The van der Waals surface area contributed by atoms with Gasteiger partial charge in [0, 0.05) is 18.0 Å². The zero-order chi connectivity index (χ0) is 22.8. The van der Waals surface area contributed by atoms with Crippen LogP contribution in [-0.2, 0) is 16.0 Å². The summed E-state index contributed by atoms with van der Waals surface area (Å²) in [7, 11) is -3.44. The molecule has 0 unspecified atom stereocenters. The Kier molecular flexibility index (Phi) is 5.89. The number of rotatable bonds is 6. The molecule has 1 N–H and O–H groups in total. The largest absolute Gasteiger partial charge is 0.457 e. The molecule has 3 rings (SSSR count). The van der Waals surface area contributed by atoms with Crippen molar-refractivity contribution < 1.29 is 31.2 Å². The number of nitrogens with zero attached hydrogens (tertiary/aromatic N) is 1. The standard InChI is InChI=1S/C20H15F3N2O5S/c1-31(28,29)16-8-3-7-15(12-16)30-14-6-2-5-13(11-14)24-18-10-4-9-17(20(21,22)23)19(18)25(26)27/h2-12,24H,1H3. The van der Waals surface area contributed by atoms with Crippen LogP contribution in [0, 0.1) is 10.1 Å². The molecule has 0 heterocycles. The zero-order valence-electron chi connectivity index (χ0n) is 15.9. The number of benzene rings is 3. The molecule has 0 aromatic heterocycles. The fourth-order valence-electron chi connectivity index (χ4n) is 2.77. The maximum atomic E-state index is 13.2. The van der Waals surface area contributed by atoms with E-state index in [9.17, 15) is 31.7 Å². The van der Waals surface area contributed by atoms with E-state index in [1.807, 2.05) is 0 Å². The van der Waals surface area contributed by atoms with Crippen LogP contribution in [-0.4, -0.2) is 19.6 Å². The van der Waals surface area contributed by atoms with Crippen LogP contribution in [0.4, 0.5) is 30.2 Å². The summed E-state index contributed by atoms with van der Waals surface area (Å²) in [6.45, 7) is 0. The number of nitro benzene ring substituents is 1. The van der Waals surface area contributed by atoms with Gasteiger partial charge in [-0.3, -0.25) is 10.1 Å². The fourth-order valence-corrected chi connectivity index (χ4v) is 3.42. The van der Waals surface area contributed by atoms with E-state index in [0.717, 1.165) is 18.4 Å². The second kappa shape index (κ2) is 8.26. The summed E-state index contributed by atoms with van der Waals surface area (Å²) in [5.74, 6) is 0.468. The van der Waals surface area contributed by atoms with Crippen LogP contribution in [0.3, 0.4) is 0 Å². The molecule has 0 amide bonds. The number of nitrogens with one attached hydrogen (secondary N) is 1. The summed E-state index contributed by atoms with van der Waals surface area (Å²) >= 11 is 0. The molecule has 0 aliphatic rings. The summed E-state index contributed by atoms with van der Waals surface area (Å²) in [6, 6.07) is 14.6. The van der Waals surface area contributed by atoms with E-state index in [2.05, 4.69) is 5.32 Å². The van der Waals surface area contributed by atoms with Crippen LogP contribution in [0.5, 0.6) is 11.5 Å². The first-order valence-corrected chi connectivity index (χ1v) is 10.5. The molecule has 11 heteroatoms. The Labute approximate surface area is 175 Å². The van der Waals surface area contributed by atoms with Crippen molar-refractivity contribution in [1.29, 1.82) is 0 Å². The van der Waals surface area contributed by atoms with Gasteiger partial charge in [-0.05, 0) is 42.5 Å². The highest BCUT2D eigenvalue weighted by atomic mass is 32.2. The van der Waals surface area contributed by atoms with E-state index in [-0.39, 0.29) is 27.8 Å². The van der Waals surface area contributed by atoms with Gasteiger partial charge in [0.25, 0.3) is 0 Å². The zero-order valence-corrected chi connectivity index (χ0v) is 16.7. The lowest BCUT2D eigenvalue weighted by atomic mass is 10.1. The predicted octanol–water partition coefficient (Wildman–Crippen LogP) is 5.55. The Balaban J connectivity index is 1.91. The molecular weight excluding hydrogens is 437 g/mol. The van der Waals surface area contributed by atoms with Gasteiger partial charge in [0.1, 0.15) is 22.7 Å². The van der Waals surface area contributed by atoms with Crippen molar-refractivity contribution in [2.75, 3.05) is 11.6 Å². The molecular formula is C20H15F3N2O5S. The minimum Gasteiger partial charge on any atom is -0.457 e. The van der Waals surface area contributed by atoms with Crippen LogP contribution < -0.4 is 10.1 Å². The lowest BCUT2D eigenvalue weighted by Gasteiger charge is -2.13. The van der Waals surface area contributed by atoms with Crippen molar-refractivity contribution in [2.45, 2.75) is 11.1 Å². The molecule has 162 valence electrons. The first-order chi connectivity index (χ1) is 14.4. The first-order valence-electron chi connectivity index (χ1n) is 8.65. The van der Waals surface area contributed by atoms with Gasteiger partial charge >= 0.3 is 11.9 Å². The molecule has 3 aromatic carbocycles. The molecule has 0 atom stereocenters. The first kappa shape index (κ1) is 22.1. The second-order valence-electron chi connectivity index (χ2n) is 6.46. The van der Waals surface area contributed by atoms with Crippen LogP contribution in [0.2, 0.25) is 0 Å². The van der Waals surface area contributed by atoms with Crippen LogP contribution in [0.15, 0.2) is 71.6 Å². The van der Waals surface area contributed by atoms with Gasteiger partial charge in [0.05, 0.1) is 9.82 Å². The van der Waals surface area contributed by atoms with E-state index in [1.165, 1.54) is 42.5 Å². The van der Waals surface area contributed by atoms with Crippen molar-refractivity contribution in [1.82, 2.24) is 0 Å². The minimum absolute atomic E-state index is 0.0545. The smallest absolute Gasteiger partial charge is 0.423 e. The molecule has 0 saturated carbocycles. The van der Waals surface area contributed by atoms with Gasteiger partial charge in [-0.15, -0.1) is 0 Å². The van der Waals surface area contributed by atoms with Crippen molar-refractivity contribution in [2.24, 2.45) is 0 Å². The Morgan fingerprint density at radius 2 is 1.58 bits per heavy atom. The lowest BCUT2D eigenvalue weighted by Crippen LogP contribution is -2.10. The fraction of sp³-hybridized carbons (Fsp3) is 0.100. The van der Waals surface area contributed by atoms with Gasteiger partial charge in [-0.2, -0.15) is 13.2 Å². The highest BCUT2D eigenvalue weighted by Crippen LogP contribution is 2.41. The van der Waals surface area contributed by atoms with Crippen LogP contribution >= 0.6 is 0 Å². The van der Waals surface area contributed by atoms with E-state index in [0.29, 0.717) is 6.07 Å². The van der Waals surface area contributed by atoms with Gasteiger partial charge in [0.15, 0.2) is 9.84 Å². The van der Waals surface area contributed by atoms with Crippen molar-refractivity contribution >= 4 is 26.9 Å². The summed E-state index contributed by atoms with van der Waals surface area (Å²) in [5.41, 5.74) is -2.56. The molecule has 3 aromatic rings. The van der Waals surface area contributed by atoms with Crippen LogP contribution in [0.1, 0.15) is 5.56 Å². The molecule has 7 nitrogen and oxygen atoms in total. The monoisotopic (exact) mass is 452 g/mol. The Morgan fingerprint density at radius 3 is 2.19 bits per heavy atom. The highest BCUT2D eigenvalue weighted by molar-refractivity contribution is 7.90. The van der Waals surface area contributed by atoms with E-state index in [4.69, 9.17) is 4.74 Å². The van der Waals surface area contributed by atoms with Crippen molar-refractivity contribution in [3.63, 3.8) is 0 Å². The number of hydrogen-bond donors (Lipinski definition) is 1. The molecule has 31 heavy (non-hydrogen) atoms. The Bertz CT molecular complexity index is 1240. The average molecular weight is 452 g/mol. The van der Waals surface area contributed by atoms with E-state index < -0.39 is 32.2 Å². The van der Waals surface area contributed by atoms with Gasteiger partial charge in [0.2, 0.25) is 0 Å². The van der Waals surface area contributed by atoms with E-state index in [1.54, 1.807) is 6.07 Å². The minimum atomic E-state index is -4.89. The number of halogens is 3. The Hall–Kier alpha value is -3.60. The molecule has 0 aliphatic carbocycles. The summed E-state index contributed by atoms with van der Waals surface area (Å²) < 4.78 is 68.5. The van der Waals surface area contributed by atoms with Gasteiger partial charge in [-0.25, -0.2) is 8.42 Å². The number of anilines is 2. The molecule has 0 bridgehead atoms. The van der Waals surface area contributed by atoms with E-state index >= 15 is 0 Å². The summed E-state index contributed by atoms with van der Waals surface area (Å²) in [5, 5.41) is 13.9. The maximum Gasteiger partial charge on any atom is 0.423 e. The quantitative estimate of drug-likeness (QED) is 0.389. The Morgan fingerprint density at radius 1 is 0.968 bits per heavy atom. The third kappa shape index (κ3) is 5.31. The molecule has 0 fully saturated rings. The van der Waals surface area contributed by atoms with Gasteiger partial charge in [-0.1, -0.05) is 18.2 Å². The second-order valence-corrected chi connectivity index (χ2v) is 8.47. The van der Waals surface area contributed by atoms with Crippen molar-refractivity contribution in [3.05, 3.63) is 82.4 Å². The van der Waals surface area contributed by atoms with Crippen LogP contribution in [0.25, 0.3) is 0 Å². The molecule has 0 saturated heterocycles. The number of nitro groups is 1. The van der Waals surface area contributed by atoms with Crippen molar-refractivity contribution in [3.8, 4) is 11.5 Å². The summed E-state index contributed by atoms with van der Waals surface area (Å²) in [4.78, 5) is 10.3. The number of alkyl halides is 3. The third-order valence-electron chi connectivity index (χ3n) is 4.11. The summed E-state index contributed by atoms with van der Waals surface area (Å²) in [6.07, 6.45) is -3.84. The number of hydrogen-bond acceptors (Lipinski definition) is 6. The molecule has 0 aliphatic heterocycles. The normalized spacial score (nSPS) is 11.7. The average Bonchev–Trinajstić information content (AvgIpc) is 2.67. The number of para-hydroxylation sites is 1. The predicted molar refractivity (Wildman–Crippen MR) is 107 cm³/mol.